The van der Waals surface area contributed by atoms with Crippen molar-refractivity contribution < 1.29 is 4.79 Å². The summed E-state index contributed by atoms with van der Waals surface area (Å²) >= 11 is 6.26. The molecule has 1 saturated carbocycles. The van der Waals surface area contributed by atoms with Crippen molar-refractivity contribution in [1.29, 1.82) is 0 Å². The lowest BCUT2D eigenvalue weighted by atomic mass is 9.85. The molecule has 0 spiro atoms. The molecule has 0 bridgehead atoms. The third-order valence-corrected chi connectivity index (χ3v) is 6.06. The van der Waals surface area contributed by atoms with Crippen LogP contribution in [0.15, 0.2) is 18.2 Å². The van der Waals surface area contributed by atoms with Crippen LogP contribution >= 0.6 is 11.6 Å². The Morgan fingerprint density at radius 2 is 2.09 bits per heavy atom. The van der Waals surface area contributed by atoms with E-state index in [1.807, 2.05) is 12.1 Å². The van der Waals surface area contributed by atoms with Gasteiger partial charge in [-0.1, -0.05) is 36.6 Å². The quantitative estimate of drug-likeness (QED) is 0.878. The predicted molar refractivity (Wildman–Crippen MR) is 87.9 cm³/mol. The van der Waals surface area contributed by atoms with Crippen LogP contribution in [0.3, 0.4) is 0 Å². The number of hydrogen-bond donors (Lipinski definition) is 2. The number of halogens is 1. The summed E-state index contributed by atoms with van der Waals surface area (Å²) in [7, 11) is 0. The molecular weight excluding hydrogens is 296 g/mol. The Balaban J connectivity index is 1.43. The molecule has 1 heterocycles. The van der Waals surface area contributed by atoms with Crippen LogP contribution < -0.4 is 10.6 Å². The maximum absolute atomic E-state index is 12.6. The van der Waals surface area contributed by atoms with E-state index in [2.05, 4.69) is 16.7 Å². The predicted octanol–water partition coefficient (Wildman–Crippen LogP) is 3.36. The van der Waals surface area contributed by atoms with Crippen LogP contribution in [0.25, 0.3) is 0 Å². The number of benzene rings is 1. The Bertz CT molecular complexity index is 574. The van der Waals surface area contributed by atoms with Gasteiger partial charge in [0.05, 0.1) is 12.1 Å². The number of hydrogen-bond acceptors (Lipinski definition) is 2. The molecular formula is C18H23ClN2O. The molecule has 4 heteroatoms. The fraction of sp³-hybridized carbons (Fsp3) is 0.611. The summed E-state index contributed by atoms with van der Waals surface area (Å²) in [6, 6.07) is 6.71. The zero-order valence-corrected chi connectivity index (χ0v) is 13.5. The molecule has 22 heavy (non-hydrogen) atoms. The van der Waals surface area contributed by atoms with E-state index in [0.29, 0.717) is 12.0 Å². The van der Waals surface area contributed by atoms with Crippen LogP contribution in [0.4, 0.5) is 0 Å². The van der Waals surface area contributed by atoms with Crippen molar-refractivity contribution in [2.45, 2.75) is 63.1 Å². The van der Waals surface area contributed by atoms with Crippen molar-refractivity contribution in [3.63, 3.8) is 0 Å². The van der Waals surface area contributed by atoms with E-state index < -0.39 is 0 Å². The van der Waals surface area contributed by atoms with Gasteiger partial charge < -0.3 is 10.6 Å². The first-order valence-electron chi connectivity index (χ1n) is 8.56. The van der Waals surface area contributed by atoms with Crippen molar-refractivity contribution in [3.05, 3.63) is 34.3 Å². The summed E-state index contributed by atoms with van der Waals surface area (Å²) in [6.45, 7) is 0. The second kappa shape index (κ2) is 5.86. The SMILES string of the molecule is O=C(NC1CCc2c(Cl)cccc21)C1CC2CCCCC2N1. The lowest BCUT2D eigenvalue weighted by Crippen LogP contribution is -2.44. The monoisotopic (exact) mass is 318 g/mol. The van der Waals surface area contributed by atoms with Crippen LogP contribution in [0.1, 0.15) is 55.7 Å². The minimum atomic E-state index is -0.00339. The Morgan fingerprint density at radius 1 is 1.23 bits per heavy atom. The highest BCUT2D eigenvalue weighted by atomic mass is 35.5. The van der Waals surface area contributed by atoms with Gasteiger partial charge in [0.25, 0.3) is 0 Å². The first-order chi connectivity index (χ1) is 10.7. The Kier molecular flexibility index (Phi) is 3.87. The van der Waals surface area contributed by atoms with E-state index in [0.717, 1.165) is 24.3 Å². The van der Waals surface area contributed by atoms with E-state index in [1.54, 1.807) is 0 Å². The molecule has 2 N–H and O–H groups in total. The number of carbonyl (C=O) groups excluding carboxylic acids is 1. The number of nitrogens with one attached hydrogen (secondary N) is 2. The molecule has 1 aliphatic heterocycles. The average molecular weight is 319 g/mol. The third kappa shape index (κ3) is 2.55. The number of amides is 1. The fourth-order valence-corrected chi connectivity index (χ4v) is 4.83. The number of carbonyl (C=O) groups is 1. The molecule has 118 valence electrons. The van der Waals surface area contributed by atoms with Gasteiger partial charge in [0.15, 0.2) is 0 Å². The van der Waals surface area contributed by atoms with Crippen LogP contribution in [0.5, 0.6) is 0 Å². The molecule has 1 aromatic carbocycles. The summed E-state index contributed by atoms with van der Waals surface area (Å²) in [6.07, 6.45) is 8.07. The summed E-state index contributed by atoms with van der Waals surface area (Å²) in [5.41, 5.74) is 2.42. The average Bonchev–Trinajstić information content (AvgIpc) is 3.12. The Labute approximate surface area is 136 Å². The van der Waals surface area contributed by atoms with Crippen LogP contribution in [0, 0.1) is 5.92 Å². The van der Waals surface area contributed by atoms with Gasteiger partial charge >= 0.3 is 0 Å². The van der Waals surface area contributed by atoms with Crippen molar-refractivity contribution in [1.82, 2.24) is 10.6 Å². The van der Waals surface area contributed by atoms with Gasteiger partial charge in [0, 0.05) is 11.1 Å². The number of fused-ring (bicyclic) bond motifs is 2. The second-order valence-corrected chi connectivity index (χ2v) is 7.42. The van der Waals surface area contributed by atoms with Gasteiger partial charge in [-0.3, -0.25) is 4.79 Å². The fourth-order valence-electron chi connectivity index (χ4n) is 4.55. The molecule has 2 fully saturated rings. The second-order valence-electron chi connectivity index (χ2n) is 7.01. The molecule has 1 saturated heterocycles. The maximum Gasteiger partial charge on any atom is 0.237 e. The Hall–Kier alpha value is -1.06. The van der Waals surface area contributed by atoms with Crippen molar-refractivity contribution in [2.75, 3.05) is 0 Å². The topological polar surface area (TPSA) is 41.1 Å². The summed E-state index contributed by atoms with van der Waals surface area (Å²) in [5.74, 6) is 0.877. The standard InChI is InChI=1S/C18H23ClN2O/c19-14-6-3-5-13-12(14)8-9-16(13)21-18(22)17-10-11-4-1-2-7-15(11)20-17/h3,5-6,11,15-17,20H,1-2,4,7-10H2,(H,21,22). The van der Waals surface area contributed by atoms with E-state index in [4.69, 9.17) is 11.6 Å². The minimum absolute atomic E-state index is 0.00339. The van der Waals surface area contributed by atoms with Gasteiger partial charge in [-0.05, 0) is 55.2 Å². The lowest BCUT2D eigenvalue weighted by Gasteiger charge is -2.24. The van der Waals surface area contributed by atoms with Crippen LogP contribution in [-0.4, -0.2) is 18.0 Å². The Morgan fingerprint density at radius 3 is 2.95 bits per heavy atom. The van der Waals surface area contributed by atoms with Gasteiger partial charge in [-0.25, -0.2) is 0 Å². The van der Waals surface area contributed by atoms with E-state index >= 15 is 0 Å². The summed E-state index contributed by atoms with van der Waals surface area (Å²) < 4.78 is 0. The molecule has 4 unspecified atom stereocenters. The third-order valence-electron chi connectivity index (χ3n) is 5.71. The van der Waals surface area contributed by atoms with Gasteiger partial charge in [-0.2, -0.15) is 0 Å². The molecule has 2 aliphatic carbocycles. The summed E-state index contributed by atoms with van der Waals surface area (Å²) in [4.78, 5) is 12.6. The molecule has 3 nitrogen and oxygen atoms in total. The molecule has 0 aromatic heterocycles. The summed E-state index contributed by atoms with van der Waals surface area (Å²) in [5, 5.41) is 7.65. The van der Waals surface area contributed by atoms with Gasteiger partial charge in [-0.15, -0.1) is 0 Å². The molecule has 0 radical (unpaired) electrons. The normalized spacial score (nSPS) is 33.3. The molecule has 4 rings (SSSR count). The highest BCUT2D eigenvalue weighted by molar-refractivity contribution is 6.31. The molecule has 3 aliphatic rings. The first kappa shape index (κ1) is 14.5. The molecule has 4 atom stereocenters. The van der Waals surface area contributed by atoms with Gasteiger partial charge in [0.1, 0.15) is 0 Å². The van der Waals surface area contributed by atoms with Crippen LogP contribution in [-0.2, 0) is 11.2 Å². The number of rotatable bonds is 2. The maximum atomic E-state index is 12.6. The van der Waals surface area contributed by atoms with E-state index in [-0.39, 0.29) is 18.0 Å². The minimum Gasteiger partial charge on any atom is -0.348 e. The largest absolute Gasteiger partial charge is 0.348 e. The highest BCUT2D eigenvalue weighted by Gasteiger charge is 2.39. The zero-order valence-electron chi connectivity index (χ0n) is 12.8. The zero-order chi connectivity index (χ0) is 15.1. The van der Waals surface area contributed by atoms with Crippen LogP contribution in [0.2, 0.25) is 5.02 Å². The first-order valence-corrected chi connectivity index (χ1v) is 8.94. The smallest absolute Gasteiger partial charge is 0.237 e. The van der Waals surface area contributed by atoms with Crippen molar-refractivity contribution in [3.8, 4) is 0 Å². The van der Waals surface area contributed by atoms with Crippen molar-refractivity contribution in [2.24, 2.45) is 5.92 Å². The van der Waals surface area contributed by atoms with Gasteiger partial charge in [0.2, 0.25) is 5.91 Å². The van der Waals surface area contributed by atoms with Crippen molar-refractivity contribution >= 4 is 17.5 Å². The lowest BCUT2D eigenvalue weighted by molar-refractivity contribution is -0.123. The van der Waals surface area contributed by atoms with E-state index in [1.165, 1.54) is 36.8 Å². The molecule has 1 amide bonds. The highest BCUT2D eigenvalue weighted by Crippen LogP contribution is 2.36. The van der Waals surface area contributed by atoms with E-state index in [9.17, 15) is 4.79 Å². The molecule has 1 aromatic rings.